The molecule has 3 aromatic rings. The van der Waals surface area contributed by atoms with E-state index in [0.29, 0.717) is 11.1 Å². The van der Waals surface area contributed by atoms with Gasteiger partial charge in [-0.25, -0.2) is 0 Å². The number of Topliss-reactive ketones (excluding diaryl/α,β-unsaturated/α-hetero) is 1. The van der Waals surface area contributed by atoms with E-state index in [0.717, 1.165) is 17.7 Å². The minimum atomic E-state index is -3.94. The average molecular weight is 417 g/mol. The molecule has 0 radical (unpaired) electrons. The summed E-state index contributed by atoms with van der Waals surface area (Å²) < 4.78 is 30.0. The lowest BCUT2D eigenvalue weighted by Gasteiger charge is -2.18. The highest BCUT2D eigenvalue weighted by molar-refractivity contribution is 7.90. The summed E-state index contributed by atoms with van der Waals surface area (Å²) >= 11 is 0. The molecule has 0 aromatic heterocycles. The molecule has 0 unspecified atom stereocenters. The maximum atomic E-state index is 12.9. The van der Waals surface area contributed by atoms with Crippen LogP contribution in [0.3, 0.4) is 0 Å². The Labute approximate surface area is 175 Å². The fourth-order valence-electron chi connectivity index (χ4n) is 3.25. The number of sulfonamides is 1. The first-order valence-corrected chi connectivity index (χ1v) is 11.0. The molecule has 5 nitrogen and oxygen atoms in total. The van der Waals surface area contributed by atoms with Crippen LogP contribution in [0, 0.1) is 0 Å². The Kier molecular flexibility index (Phi) is 5.33. The van der Waals surface area contributed by atoms with Gasteiger partial charge in [0.25, 0.3) is 10.0 Å². The molecule has 0 spiro atoms. The SMILES string of the molecule is CCc1ccc(S(=O)(=O)N=C2C=C(Nc3ccccc3)C(=O)c3ccccc32)cc1. The third-order valence-corrected chi connectivity index (χ3v) is 6.18. The van der Waals surface area contributed by atoms with E-state index in [4.69, 9.17) is 0 Å². The van der Waals surface area contributed by atoms with Gasteiger partial charge in [0.15, 0.2) is 0 Å². The molecule has 150 valence electrons. The Bertz CT molecular complexity index is 1260. The molecule has 0 fully saturated rings. The Morgan fingerprint density at radius 3 is 2.13 bits per heavy atom. The van der Waals surface area contributed by atoms with Gasteiger partial charge in [0.1, 0.15) is 0 Å². The Hall–Kier alpha value is -3.51. The number of anilines is 1. The second-order valence-electron chi connectivity index (χ2n) is 6.87. The normalized spacial score (nSPS) is 14.9. The number of para-hydroxylation sites is 1. The van der Waals surface area contributed by atoms with E-state index in [1.54, 1.807) is 48.5 Å². The number of aryl methyl sites for hydroxylation is 1. The molecule has 1 aliphatic rings. The lowest BCUT2D eigenvalue weighted by Crippen LogP contribution is -2.22. The minimum Gasteiger partial charge on any atom is -0.352 e. The van der Waals surface area contributed by atoms with Gasteiger partial charge in [-0.2, -0.15) is 12.8 Å². The van der Waals surface area contributed by atoms with Crippen molar-refractivity contribution in [3.63, 3.8) is 0 Å². The monoisotopic (exact) mass is 416 g/mol. The maximum Gasteiger partial charge on any atom is 0.282 e. The Morgan fingerprint density at radius 2 is 1.47 bits per heavy atom. The maximum absolute atomic E-state index is 12.9. The lowest BCUT2D eigenvalue weighted by molar-refractivity contribution is 0.103. The smallest absolute Gasteiger partial charge is 0.282 e. The number of fused-ring (bicyclic) bond motifs is 1. The van der Waals surface area contributed by atoms with E-state index in [1.165, 1.54) is 6.08 Å². The van der Waals surface area contributed by atoms with E-state index in [2.05, 4.69) is 9.71 Å². The highest BCUT2D eigenvalue weighted by Crippen LogP contribution is 2.25. The van der Waals surface area contributed by atoms with Gasteiger partial charge in [0.2, 0.25) is 5.78 Å². The number of hydrogen-bond acceptors (Lipinski definition) is 4. The van der Waals surface area contributed by atoms with Crippen molar-refractivity contribution in [2.75, 3.05) is 5.32 Å². The van der Waals surface area contributed by atoms with Crippen LogP contribution >= 0.6 is 0 Å². The summed E-state index contributed by atoms with van der Waals surface area (Å²) in [6.07, 6.45) is 2.32. The first-order chi connectivity index (χ1) is 14.5. The molecule has 0 aliphatic heterocycles. The van der Waals surface area contributed by atoms with Crippen molar-refractivity contribution < 1.29 is 13.2 Å². The molecule has 4 rings (SSSR count). The second kappa shape index (κ2) is 8.08. The van der Waals surface area contributed by atoms with Crippen LogP contribution < -0.4 is 5.32 Å². The van der Waals surface area contributed by atoms with E-state index in [1.807, 2.05) is 37.3 Å². The molecule has 30 heavy (non-hydrogen) atoms. The van der Waals surface area contributed by atoms with Crippen molar-refractivity contribution in [2.24, 2.45) is 4.40 Å². The predicted octanol–water partition coefficient (Wildman–Crippen LogP) is 4.62. The van der Waals surface area contributed by atoms with Gasteiger partial charge in [-0.1, -0.05) is 61.5 Å². The van der Waals surface area contributed by atoms with Crippen LogP contribution in [0.2, 0.25) is 0 Å². The Balaban J connectivity index is 1.79. The number of carbonyl (C=O) groups excluding carboxylic acids is 1. The molecule has 0 saturated carbocycles. The summed E-state index contributed by atoms with van der Waals surface area (Å²) in [7, 11) is -3.94. The molecule has 0 amide bonds. The number of nitrogens with one attached hydrogen (secondary N) is 1. The van der Waals surface area contributed by atoms with Crippen molar-refractivity contribution in [1.29, 1.82) is 0 Å². The topological polar surface area (TPSA) is 75.6 Å². The van der Waals surface area contributed by atoms with Crippen LogP contribution in [0.25, 0.3) is 0 Å². The number of nitrogens with zero attached hydrogens (tertiary/aromatic N) is 1. The van der Waals surface area contributed by atoms with Crippen LogP contribution in [0.15, 0.2) is 99.9 Å². The van der Waals surface area contributed by atoms with Crippen molar-refractivity contribution in [3.05, 3.63) is 107 Å². The van der Waals surface area contributed by atoms with Crippen molar-refractivity contribution in [1.82, 2.24) is 0 Å². The van der Waals surface area contributed by atoms with Gasteiger partial charge >= 0.3 is 0 Å². The van der Waals surface area contributed by atoms with E-state index < -0.39 is 10.0 Å². The molecule has 1 N–H and O–H groups in total. The number of rotatable bonds is 5. The van der Waals surface area contributed by atoms with Gasteiger partial charge in [0, 0.05) is 16.8 Å². The number of benzene rings is 3. The van der Waals surface area contributed by atoms with Gasteiger partial charge in [-0.3, -0.25) is 4.79 Å². The van der Waals surface area contributed by atoms with Crippen molar-refractivity contribution in [3.8, 4) is 0 Å². The summed E-state index contributed by atoms with van der Waals surface area (Å²) in [5.41, 5.74) is 3.18. The highest BCUT2D eigenvalue weighted by atomic mass is 32.2. The minimum absolute atomic E-state index is 0.118. The van der Waals surface area contributed by atoms with Gasteiger partial charge in [-0.05, 0) is 42.3 Å². The molecule has 1 aliphatic carbocycles. The first-order valence-electron chi connectivity index (χ1n) is 9.60. The molecule has 3 aromatic carbocycles. The largest absolute Gasteiger partial charge is 0.352 e. The number of carbonyl (C=O) groups is 1. The second-order valence-corrected chi connectivity index (χ2v) is 8.48. The zero-order chi connectivity index (χ0) is 21.1. The van der Waals surface area contributed by atoms with Crippen LogP contribution in [-0.2, 0) is 16.4 Å². The van der Waals surface area contributed by atoms with E-state index in [-0.39, 0.29) is 22.1 Å². The van der Waals surface area contributed by atoms with E-state index in [9.17, 15) is 13.2 Å². The molecule has 0 atom stereocenters. The van der Waals surface area contributed by atoms with Crippen LogP contribution in [0.1, 0.15) is 28.4 Å². The molecule has 0 bridgehead atoms. The zero-order valence-corrected chi connectivity index (χ0v) is 17.2. The fraction of sp³-hybridized carbons (Fsp3) is 0.0833. The number of allylic oxidation sites excluding steroid dienone is 2. The molecule has 6 heteroatoms. The molecule has 0 saturated heterocycles. The quantitative estimate of drug-likeness (QED) is 0.659. The molecular formula is C24H20N2O3S. The number of ketones is 1. The van der Waals surface area contributed by atoms with Crippen molar-refractivity contribution >= 4 is 27.2 Å². The van der Waals surface area contributed by atoms with Gasteiger partial charge in [0.05, 0.1) is 16.3 Å². The zero-order valence-electron chi connectivity index (χ0n) is 16.4. The molecular weight excluding hydrogens is 396 g/mol. The lowest BCUT2D eigenvalue weighted by atomic mass is 9.92. The third kappa shape index (κ3) is 3.95. The fourth-order valence-corrected chi connectivity index (χ4v) is 4.25. The number of hydrogen-bond donors (Lipinski definition) is 1. The van der Waals surface area contributed by atoms with Crippen molar-refractivity contribution in [2.45, 2.75) is 18.2 Å². The highest BCUT2D eigenvalue weighted by Gasteiger charge is 2.26. The summed E-state index contributed by atoms with van der Waals surface area (Å²) in [6.45, 7) is 2.01. The van der Waals surface area contributed by atoms with Crippen LogP contribution in [0.5, 0.6) is 0 Å². The predicted molar refractivity (Wildman–Crippen MR) is 118 cm³/mol. The van der Waals surface area contributed by atoms with Crippen LogP contribution in [0.4, 0.5) is 5.69 Å². The van der Waals surface area contributed by atoms with Gasteiger partial charge < -0.3 is 5.32 Å². The Morgan fingerprint density at radius 1 is 0.833 bits per heavy atom. The summed E-state index contributed by atoms with van der Waals surface area (Å²) in [5, 5.41) is 3.08. The summed E-state index contributed by atoms with van der Waals surface area (Å²) in [4.78, 5) is 13.1. The summed E-state index contributed by atoms with van der Waals surface area (Å²) in [5.74, 6) is -0.210. The molecule has 0 heterocycles. The van der Waals surface area contributed by atoms with E-state index >= 15 is 0 Å². The third-order valence-electron chi connectivity index (χ3n) is 4.87. The standard InChI is InChI=1S/C24H20N2O3S/c1-2-17-12-14-19(15-13-17)30(28,29)26-22-16-23(25-18-8-4-3-5-9-18)24(27)21-11-7-6-10-20(21)22/h3-16,25H,2H2,1H3. The van der Waals surface area contributed by atoms with Crippen LogP contribution in [-0.4, -0.2) is 19.9 Å². The summed E-state index contributed by atoms with van der Waals surface area (Å²) in [6, 6.07) is 22.8. The first kappa shape index (κ1) is 19.8. The van der Waals surface area contributed by atoms with Gasteiger partial charge in [-0.15, -0.1) is 0 Å². The average Bonchev–Trinajstić information content (AvgIpc) is 2.77.